The molecule has 0 aliphatic carbocycles. The first-order valence-electron chi connectivity index (χ1n) is 10.2. The third kappa shape index (κ3) is 5.31. The van der Waals surface area contributed by atoms with Crippen LogP contribution in [-0.2, 0) is 19.2 Å². The average Bonchev–Trinajstić information content (AvgIpc) is 3.28. The smallest absolute Gasteiger partial charge is 0.353 e. The van der Waals surface area contributed by atoms with Crippen molar-refractivity contribution in [1.29, 1.82) is 0 Å². The summed E-state index contributed by atoms with van der Waals surface area (Å²) in [6.07, 6.45) is 5.15. The lowest BCUT2D eigenvalue weighted by molar-refractivity contribution is -0.150. The molecule has 4 N–H and O–H groups in total. The summed E-state index contributed by atoms with van der Waals surface area (Å²) in [5, 5.41) is 17.5. The number of carbonyl (C=O) groups is 3. The van der Waals surface area contributed by atoms with Gasteiger partial charge in [-0.1, -0.05) is 23.0 Å². The highest BCUT2D eigenvalue weighted by Crippen LogP contribution is 2.43. The Hall–Kier alpha value is -3.43. The van der Waals surface area contributed by atoms with Gasteiger partial charge in [-0.2, -0.15) is 9.36 Å². The number of nitrogen functional groups attached to an aromatic ring is 1. The first-order valence-corrected chi connectivity index (χ1v) is 12.9. The summed E-state index contributed by atoms with van der Waals surface area (Å²) in [4.78, 5) is 52.5. The van der Waals surface area contributed by atoms with Gasteiger partial charge in [0, 0.05) is 34.6 Å². The van der Waals surface area contributed by atoms with Crippen LogP contribution in [-0.4, -0.2) is 71.6 Å². The zero-order valence-corrected chi connectivity index (χ0v) is 20.6. The minimum atomic E-state index is -1.22. The number of aromatic nitrogens is 3. The SMILES string of the molecule is CCON=C(C(=O)NC1C(=O)N2C(C(=O)O)=C(S/C=C\c3cccnc3)CS[C@@H]12)c1nsc(N)n1. The van der Waals surface area contributed by atoms with Crippen LogP contribution < -0.4 is 11.1 Å². The van der Waals surface area contributed by atoms with Gasteiger partial charge in [0.2, 0.25) is 11.5 Å². The van der Waals surface area contributed by atoms with Gasteiger partial charge >= 0.3 is 5.97 Å². The van der Waals surface area contributed by atoms with Crippen molar-refractivity contribution in [2.75, 3.05) is 18.1 Å². The number of carboxylic acids is 1. The number of hydrogen-bond donors (Lipinski definition) is 3. The number of hydrogen-bond acceptors (Lipinski definition) is 12. The molecular weight excluding hydrogens is 514 g/mol. The zero-order chi connectivity index (χ0) is 24.9. The lowest BCUT2D eigenvalue weighted by Gasteiger charge is -2.49. The maximum atomic E-state index is 12.9. The monoisotopic (exact) mass is 533 g/mol. The molecule has 182 valence electrons. The second kappa shape index (κ2) is 10.9. The summed E-state index contributed by atoms with van der Waals surface area (Å²) < 4.78 is 3.97. The number of aliphatic carboxylic acids is 1. The van der Waals surface area contributed by atoms with Crippen LogP contribution in [0.5, 0.6) is 0 Å². The Morgan fingerprint density at radius 3 is 2.97 bits per heavy atom. The predicted octanol–water partition coefficient (Wildman–Crippen LogP) is 1.36. The quantitative estimate of drug-likeness (QED) is 0.241. The molecule has 2 aliphatic heterocycles. The summed E-state index contributed by atoms with van der Waals surface area (Å²) in [5.74, 6) is -2.15. The maximum Gasteiger partial charge on any atom is 0.353 e. The Morgan fingerprint density at radius 1 is 1.49 bits per heavy atom. The maximum absolute atomic E-state index is 12.9. The van der Waals surface area contributed by atoms with Crippen molar-refractivity contribution < 1.29 is 24.3 Å². The molecule has 0 saturated carbocycles. The van der Waals surface area contributed by atoms with Gasteiger partial charge in [0.15, 0.2) is 5.13 Å². The van der Waals surface area contributed by atoms with Crippen molar-refractivity contribution in [3.8, 4) is 0 Å². The van der Waals surface area contributed by atoms with E-state index in [1.165, 1.54) is 28.4 Å². The number of amides is 2. The fourth-order valence-electron chi connectivity index (χ4n) is 3.20. The number of anilines is 1. The third-order valence-electron chi connectivity index (χ3n) is 4.73. The first kappa shape index (κ1) is 24.7. The standard InChI is InChI=1S/C20H19N7O5S3/c1-2-32-25-12(15-24-20(21)35-26-15)16(28)23-13-17(29)27-14(19(30)31)11(9-34-18(13)27)33-7-5-10-4-3-6-22-8-10/h3-8,13,18H,2,9H2,1H3,(H,23,28)(H,30,31)(H2,21,24,26)/b7-5-,25-12?/t13?,18-/m0/s1. The Kier molecular flexibility index (Phi) is 7.67. The van der Waals surface area contributed by atoms with E-state index >= 15 is 0 Å². The minimum Gasteiger partial charge on any atom is -0.477 e. The molecule has 15 heteroatoms. The molecule has 1 fully saturated rings. The summed E-state index contributed by atoms with van der Waals surface area (Å²) >= 11 is 3.47. The Balaban J connectivity index is 1.49. The van der Waals surface area contributed by atoms with Crippen LogP contribution in [0.15, 0.2) is 45.7 Å². The van der Waals surface area contributed by atoms with Crippen LogP contribution in [0.3, 0.4) is 0 Å². The Bertz CT molecular complexity index is 1230. The molecule has 0 bridgehead atoms. The van der Waals surface area contributed by atoms with Crippen molar-refractivity contribution in [1.82, 2.24) is 24.6 Å². The van der Waals surface area contributed by atoms with Crippen LogP contribution in [0, 0.1) is 0 Å². The lowest BCUT2D eigenvalue weighted by Crippen LogP contribution is -2.71. The first-order chi connectivity index (χ1) is 16.9. The number of nitrogens with one attached hydrogen (secondary N) is 1. The molecule has 2 aromatic heterocycles. The second-order valence-electron chi connectivity index (χ2n) is 6.96. The van der Waals surface area contributed by atoms with Gasteiger partial charge in [-0.25, -0.2) is 4.79 Å². The van der Waals surface area contributed by atoms with Gasteiger partial charge in [0.25, 0.3) is 11.8 Å². The minimum absolute atomic E-state index is 0.0245. The van der Waals surface area contributed by atoms with Crippen molar-refractivity contribution in [3.05, 3.63) is 51.9 Å². The van der Waals surface area contributed by atoms with E-state index in [0.29, 0.717) is 10.7 Å². The van der Waals surface area contributed by atoms with Gasteiger partial charge in [0.05, 0.1) is 0 Å². The lowest BCUT2D eigenvalue weighted by atomic mass is 10.0. The van der Waals surface area contributed by atoms with E-state index in [0.717, 1.165) is 17.1 Å². The molecular formula is C20H19N7O5S3. The van der Waals surface area contributed by atoms with Gasteiger partial charge in [-0.15, -0.1) is 11.8 Å². The number of oxime groups is 1. The summed E-state index contributed by atoms with van der Waals surface area (Å²) in [6, 6.07) is 2.72. The highest BCUT2D eigenvalue weighted by molar-refractivity contribution is 8.08. The van der Waals surface area contributed by atoms with E-state index in [2.05, 4.69) is 24.8 Å². The number of nitrogens with zero attached hydrogens (tertiary/aromatic N) is 5. The van der Waals surface area contributed by atoms with Gasteiger partial charge in [0.1, 0.15) is 23.7 Å². The molecule has 1 unspecified atom stereocenters. The largest absolute Gasteiger partial charge is 0.477 e. The average molecular weight is 534 g/mol. The molecule has 2 atom stereocenters. The van der Waals surface area contributed by atoms with E-state index in [4.69, 9.17) is 10.6 Å². The van der Waals surface area contributed by atoms with Crippen LogP contribution in [0.1, 0.15) is 18.3 Å². The summed E-state index contributed by atoms with van der Waals surface area (Å²) in [7, 11) is 0. The summed E-state index contributed by atoms with van der Waals surface area (Å²) in [6.45, 7) is 1.89. The molecule has 0 radical (unpaired) electrons. The molecule has 2 amide bonds. The summed E-state index contributed by atoms with van der Waals surface area (Å²) in [5.41, 5.74) is 6.14. The number of nitrogens with two attached hydrogens (primary N) is 1. The fraction of sp³-hybridized carbons (Fsp3) is 0.250. The highest BCUT2D eigenvalue weighted by Gasteiger charge is 2.54. The van der Waals surface area contributed by atoms with Crippen LogP contribution in [0.2, 0.25) is 0 Å². The normalized spacial score (nSPS) is 20.0. The van der Waals surface area contributed by atoms with E-state index < -0.39 is 29.2 Å². The molecule has 4 heterocycles. The Labute approximate surface area is 211 Å². The van der Waals surface area contributed by atoms with E-state index in [1.807, 2.05) is 6.07 Å². The topological polar surface area (TPSA) is 173 Å². The predicted molar refractivity (Wildman–Crippen MR) is 133 cm³/mol. The van der Waals surface area contributed by atoms with Gasteiger partial charge < -0.3 is 21.0 Å². The molecule has 2 aliphatic rings. The van der Waals surface area contributed by atoms with E-state index in [9.17, 15) is 19.5 Å². The van der Waals surface area contributed by atoms with Crippen molar-refractivity contribution in [3.63, 3.8) is 0 Å². The number of thioether (sulfide) groups is 2. The van der Waals surface area contributed by atoms with E-state index in [1.54, 1.807) is 36.9 Å². The van der Waals surface area contributed by atoms with Crippen LogP contribution in [0.4, 0.5) is 5.13 Å². The van der Waals surface area contributed by atoms with Crippen LogP contribution in [0.25, 0.3) is 6.08 Å². The number of carboxylic acid groups (broad SMARTS) is 1. The highest BCUT2D eigenvalue weighted by atomic mass is 32.2. The van der Waals surface area contributed by atoms with Crippen molar-refractivity contribution in [2.24, 2.45) is 5.16 Å². The van der Waals surface area contributed by atoms with Gasteiger partial charge in [-0.05, 0) is 30.0 Å². The van der Waals surface area contributed by atoms with Gasteiger partial charge in [-0.3, -0.25) is 19.5 Å². The van der Waals surface area contributed by atoms with Crippen molar-refractivity contribution in [2.45, 2.75) is 18.3 Å². The molecule has 35 heavy (non-hydrogen) atoms. The number of pyridine rings is 1. The number of fused-ring (bicyclic) bond motifs is 1. The third-order valence-corrected chi connectivity index (χ3v) is 7.63. The molecule has 2 aromatic rings. The zero-order valence-electron chi connectivity index (χ0n) is 18.2. The molecule has 1 saturated heterocycles. The number of rotatable bonds is 9. The fourth-order valence-corrected chi connectivity index (χ4v) is 6.00. The van der Waals surface area contributed by atoms with Crippen molar-refractivity contribution >= 4 is 69.8 Å². The molecule has 4 rings (SSSR count). The van der Waals surface area contributed by atoms with E-state index in [-0.39, 0.29) is 29.0 Å². The second-order valence-corrected chi connectivity index (χ2v) is 9.85. The molecule has 12 nitrogen and oxygen atoms in total. The molecule has 0 aromatic carbocycles. The molecule has 0 spiro atoms. The number of carbonyl (C=O) groups excluding carboxylic acids is 2. The Morgan fingerprint density at radius 2 is 2.31 bits per heavy atom. The van der Waals surface area contributed by atoms with Crippen LogP contribution >= 0.6 is 35.1 Å². The number of β-lactam (4-membered cyclic amide) rings is 1.